The number of hydrogen-bond acceptors (Lipinski definition) is 2. The SMILES string of the molecule is COc1cc(Br)c(C=CCCl)cc1OC. The van der Waals surface area contributed by atoms with Gasteiger partial charge in [-0.15, -0.1) is 11.6 Å². The molecule has 82 valence electrons. The monoisotopic (exact) mass is 290 g/mol. The zero-order chi connectivity index (χ0) is 11.3. The smallest absolute Gasteiger partial charge is 0.161 e. The van der Waals surface area contributed by atoms with E-state index in [4.69, 9.17) is 21.1 Å². The number of halogens is 2. The zero-order valence-corrected chi connectivity index (χ0v) is 10.9. The molecule has 0 aliphatic heterocycles. The van der Waals surface area contributed by atoms with Gasteiger partial charge in [-0.1, -0.05) is 28.1 Å². The first-order valence-electron chi connectivity index (χ1n) is 4.37. The molecule has 0 spiro atoms. The molecule has 0 aromatic heterocycles. The summed E-state index contributed by atoms with van der Waals surface area (Å²) in [6, 6.07) is 3.76. The molecule has 0 atom stereocenters. The standard InChI is InChI=1S/C11H12BrClO2/c1-14-10-6-8(4-3-5-13)9(12)7-11(10)15-2/h3-4,6-7H,5H2,1-2H3. The van der Waals surface area contributed by atoms with Crippen LogP contribution in [0.4, 0.5) is 0 Å². The summed E-state index contributed by atoms with van der Waals surface area (Å²) >= 11 is 9.03. The number of alkyl halides is 1. The highest BCUT2D eigenvalue weighted by Crippen LogP contribution is 2.33. The summed E-state index contributed by atoms with van der Waals surface area (Å²) in [6.45, 7) is 0. The topological polar surface area (TPSA) is 18.5 Å². The minimum Gasteiger partial charge on any atom is -0.493 e. The lowest BCUT2D eigenvalue weighted by atomic mass is 10.2. The lowest BCUT2D eigenvalue weighted by Crippen LogP contribution is -1.91. The van der Waals surface area contributed by atoms with Gasteiger partial charge in [0.2, 0.25) is 0 Å². The molecule has 0 unspecified atom stereocenters. The quantitative estimate of drug-likeness (QED) is 0.787. The van der Waals surface area contributed by atoms with Crippen LogP contribution in [0.2, 0.25) is 0 Å². The van der Waals surface area contributed by atoms with Crippen molar-refractivity contribution in [2.75, 3.05) is 20.1 Å². The molecule has 0 aliphatic rings. The van der Waals surface area contributed by atoms with Gasteiger partial charge in [-0.05, 0) is 17.7 Å². The third-order valence-corrected chi connectivity index (χ3v) is 2.75. The van der Waals surface area contributed by atoms with E-state index in [9.17, 15) is 0 Å². The first-order valence-corrected chi connectivity index (χ1v) is 5.69. The molecule has 0 amide bonds. The first kappa shape index (κ1) is 12.4. The number of hydrogen-bond donors (Lipinski definition) is 0. The lowest BCUT2D eigenvalue weighted by molar-refractivity contribution is 0.354. The van der Waals surface area contributed by atoms with Gasteiger partial charge >= 0.3 is 0 Å². The van der Waals surface area contributed by atoms with E-state index in [2.05, 4.69) is 15.9 Å². The average Bonchev–Trinajstić information content (AvgIpc) is 2.27. The molecule has 0 saturated heterocycles. The van der Waals surface area contributed by atoms with Crippen LogP contribution in [0.3, 0.4) is 0 Å². The third-order valence-electron chi connectivity index (χ3n) is 1.89. The van der Waals surface area contributed by atoms with Gasteiger partial charge in [0, 0.05) is 10.4 Å². The molecular formula is C11H12BrClO2. The highest BCUT2D eigenvalue weighted by atomic mass is 79.9. The molecule has 2 nitrogen and oxygen atoms in total. The van der Waals surface area contributed by atoms with E-state index >= 15 is 0 Å². The Balaban J connectivity index is 3.13. The van der Waals surface area contributed by atoms with Gasteiger partial charge in [-0.2, -0.15) is 0 Å². The highest BCUT2D eigenvalue weighted by molar-refractivity contribution is 9.10. The summed E-state index contributed by atoms with van der Waals surface area (Å²) < 4.78 is 11.3. The van der Waals surface area contributed by atoms with Crippen LogP contribution < -0.4 is 9.47 Å². The fraction of sp³-hybridized carbons (Fsp3) is 0.273. The Labute approximate surface area is 103 Å². The molecule has 0 N–H and O–H groups in total. The van der Waals surface area contributed by atoms with E-state index in [-0.39, 0.29) is 0 Å². The van der Waals surface area contributed by atoms with E-state index in [0.717, 1.165) is 10.0 Å². The number of rotatable bonds is 4. The van der Waals surface area contributed by atoms with Crippen molar-refractivity contribution in [3.05, 3.63) is 28.2 Å². The molecule has 0 fully saturated rings. The summed E-state index contributed by atoms with van der Waals surface area (Å²) in [5, 5.41) is 0. The molecule has 1 rings (SSSR count). The summed E-state index contributed by atoms with van der Waals surface area (Å²) in [6.07, 6.45) is 3.80. The Kier molecular flexibility index (Phi) is 4.99. The van der Waals surface area contributed by atoms with Gasteiger partial charge in [0.1, 0.15) is 0 Å². The Bertz CT molecular complexity index is 364. The molecule has 1 aromatic rings. The molecule has 15 heavy (non-hydrogen) atoms. The molecule has 0 bridgehead atoms. The van der Waals surface area contributed by atoms with Gasteiger partial charge in [0.25, 0.3) is 0 Å². The van der Waals surface area contributed by atoms with Crippen LogP contribution in [-0.4, -0.2) is 20.1 Å². The Morgan fingerprint density at radius 3 is 2.40 bits per heavy atom. The van der Waals surface area contributed by atoms with Crippen molar-refractivity contribution >= 4 is 33.6 Å². The van der Waals surface area contributed by atoms with Crippen molar-refractivity contribution in [3.8, 4) is 11.5 Å². The number of ether oxygens (including phenoxy) is 2. The molecule has 4 heteroatoms. The summed E-state index contributed by atoms with van der Waals surface area (Å²) in [7, 11) is 3.22. The van der Waals surface area contributed by atoms with E-state index in [1.54, 1.807) is 14.2 Å². The van der Waals surface area contributed by atoms with Crippen molar-refractivity contribution in [2.24, 2.45) is 0 Å². The van der Waals surface area contributed by atoms with Crippen LogP contribution in [0.15, 0.2) is 22.7 Å². The van der Waals surface area contributed by atoms with Crippen molar-refractivity contribution in [1.82, 2.24) is 0 Å². The highest BCUT2D eigenvalue weighted by Gasteiger charge is 2.07. The lowest BCUT2D eigenvalue weighted by Gasteiger charge is -2.09. The fourth-order valence-corrected chi connectivity index (χ4v) is 1.71. The Morgan fingerprint density at radius 1 is 1.27 bits per heavy atom. The fourth-order valence-electron chi connectivity index (χ4n) is 1.17. The van der Waals surface area contributed by atoms with Gasteiger partial charge < -0.3 is 9.47 Å². The van der Waals surface area contributed by atoms with Gasteiger partial charge in [0.05, 0.1) is 14.2 Å². The minimum absolute atomic E-state index is 0.487. The molecule has 0 aliphatic carbocycles. The van der Waals surface area contributed by atoms with Gasteiger partial charge in [-0.25, -0.2) is 0 Å². The number of benzene rings is 1. The molecule has 0 saturated carbocycles. The summed E-state index contributed by atoms with van der Waals surface area (Å²) in [5.74, 6) is 1.89. The van der Waals surface area contributed by atoms with E-state index in [1.807, 2.05) is 24.3 Å². The molecular weight excluding hydrogens is 279 g/mol. The Hall–Kier alpha value is -0.670. The van der Waals surface area contributed by atoms with Crippen molar-refractivity contribution in [2.45, 2.75) is 0 Å². The predicted molar refractivity (Wildman–Crippen MR) is 67.0 cm³/mol. The second-order valence-corrected chi connectivity index (χ2v) is 3.95. The Morgan fingerprint density at radius 2 is 1.87 bits per heavy atom. The molecule has 0 heterocycles. The van der Waals surface area contributed by atoms with Gasteiger partial charge in [-0.3, -0.25) is 0 Å². The van der Waals surface area contributed by atoms with Crippen LogP contribution in [0.5, 0.6) is 11.5 Å². The van der Waals surface area contributed by atoms with Crippen LogP contribution in [0.1, 0.15) is 5.56 Å². The molecule has 0 radical (unpaired) electrons. The van der Waals surface area contributed by atoms with Crippen molar-refractivity contribution in [1.29, 1.82) is 0 Å². The van der Waals surface area contributed by atoms with Crippen molar-refractivity contribution in [3.63, 3.8) is 0 Å². The van der Waals surface area contributed by atoms with Crippen LogP contribution in [0, 0.1) is 0 Å². The number of allylic oxidation sites excluding steroid dienone is 1. The van der Waals surface area contributed by atoms with Crippen LogP contribution in [-0.2, 0) is 0 Å². The van der Waals surface area contributed by atoms with E-state index < -0.39 is 0 Å². The number of methoxy groups -OCH3 is 2. The minimum atomic E-state index is 0.487. The maximum absolute atomic E-state index is 5.58. The van der Waals surface area contributed by atoms with Crippen LogP contribution >= 0.6 is 27.5 Å². The maximum Gasteiger partial charge on any atom is 0.161 e. The normalized spacial score (nSPS) is 10.7. The van der Waals surface area contributed by atoms with Gasteiger partial charge in [0.15, 0.2) is 11.5 Å². The van der Waals surface area contributed by atoms with Crippen LogP contribution in [0.25, 0.3) is 6.08 Å². The third kappa shape index (κ3) is 3.14. The van der Waals surface area contributed by atoms with Crippen molar-refractivity contribution < 1.29 is 9.47 Å². The first-order chi connectivity index (χ1) is 7.22. The second kappa shape index (κ2) is 6.03. The molecule has 1 aromatic carbocycles. The predicted octanol–water partition coefficient (Wildman–Crippen LogP) is 3.72. The van der Waals surface area contributed by atoms with E-state index in [0.29, 0.717) is 17.4 Å². The average molecular weight is 292 g/mol. The zero-order valence-electron chi connectivity index (χ0n) is 8.59. The largest absolute Gasteiger partial charge is 0.493 e. The maximum atomic E-state index is 5.58. The van der Waals surface area contributed by atoms with E-state index in [1.165, 1.54) is 0 Å². The second-order valence-electron chi connectivity index (χ2n) is 2.79. The summed E-state index contributed by atoms with van der Waals surface area (Å²) in [5.41, 5.74) is 1.01. The summed E-state index contributed by atoms with van der Waals surface area (Å²) in [4.78, 5) is 0.